The average Bonchev–Trinajstić information content (AvgIpc) is 3.01. The quantitative estimate of drug-likeness (QED) is 0.0302. The van der Waals surface area contributed by atoms with Crippen molar-refractivity contribution in [1.82, 2.24) is 0 Å². The number of carbonyl (C=O) groups is 1. The zero-order valence-electron chi connectivity index (χ0n) is 28.7. The van der Waals surface area contributed by atoms with Crippen LogP contribution in [0.4, 0.5) is 0 Å². The van der Waals surface area contributed by atoms with Gasteiger partial charge in [0.2, 0.25) is 0 Å². The summed E-state index contributed by atoms with van der Waals surface area (Å²) in [5.74, 6) is -0.354. The van der Waals surface area contributed by atoms with Gasteiger partial charge in [-0.2, -0.15) is 0 Å². The van der Waals surface area contributed by atoms with Gasteiger partial charge in [-0.1, -0.05) is 149 Å². The lowest BCUT2D eigenvalue weighted by molar-refractivity contribution is -0.153. The summed E-state index contributed by atoms with van der Waals surface area (Å²) in [7, 11) is -4.27. The SMILES string of the molecule is CCCCCCCCCCCCCCCC/C=C\OC[C@H](COP(=O)(O)OCCN)OC(=O)CCCCCCCCCCC. The molecule has 0 amide bonds. The molecule has 0 rings (SSSR count). The average molecular weight is 648 g/mol. The van der Waals surface area contributed by atoms with Crippen molar-refractivity contribution in [2.45, 2.75) is 180 Å². The Morgan fingerprint density at radius 1 is 0.682 bits per heavy atom. The lowest BCUT2D eigenvalue weighted by atomic mass is 10.0. The first kappa shape index (κ1) is 43.1. The third-order valence-electron chi connectivity index (χ3n) is 7.78. The van der Waals surface area contributed by atoms with Gasteiger partial charge in [0.05, 0.1) is 19.5 Å². The molecule has 3 N–H and O–H groups in total. The maximum atomic E-state index is 12.4. The second-order valence-corrected chi connectivity index (χ2v) is 13.6. The Bertz CT molecular complexity index is 692. The van der Waals surface area contributed by atoms with E-state index in [1.54, 1.807) is 6.26 Å². The van der Waals surface area contributed by atoms with Crippen LogP contribution in [0.15, 0.2) is 12.3 Å². The fourth-order valence-electron chi connectivity index (χ4n) is 5.08. The number of unbranched alkanes of at least 4 members (excludes halogenated alkanes) is 22. The van der Waals surface area contributed by atoms with Crippen LogP contribution in [0.1, 0.15) is 174 Å². The highest BCUT2D eigenvalue weighted by Crippen LogP contribution is 2.43. The summed E-state index contributed by atoms with van der Waals surface area (Å²) in [4.78, 5) is 22.2. The first-order valence-corrected chi connectivity index (χ1v) is 19.7. The Morgan fingerprint density at radius 2 is 1.14 bits per heavy atom. The minimum atomic E-state index is -4.27. The lowest BCUT2D eigenvalue weighted by Crippen LogP contribution is -2.27. The standard InChI is InChI=1S/C35H70NO7P/c1-3-5-7-9-11-13-14-15-16-17-18-19-21-23-25-27-30-40-32-34(33-42-44(38,39)41-31-29-36)43-35(37)28-26-24-22-20-12-10-8-6-4-2/h27,30,34H,3-26,28-29,31-33,36H2,1-2H3,(H,38,39)/b30-27-/t34-/m1/s1. The number of hydrogen-bond donors (Lipinski definition) is 2. The van der Waals surface area contributed by atoms with Crippen molar-refractivity contribution in [3.05, 3.63) is 12.3 Å². The van der Waals surface area contributed by atoms with Crippen LogP contribution in [0.2, 0.25) is 0 Å². The zero-order valence-corrected chi connectivity index (χ0v) is 29.6. The molecule has 1 unspecified atom stereocenters. The molecule has 0 aromatic carbocycles. The molecule has 0 aliphatic carbocycles. The van der Waals surface area contributed by atoms with Crippen LogP contribution in [0, 0.1) is 0 Å². The van der Waals surface area contributed by atoms with Crippen molar-refractivity contribution in [3.8, 4) is 0 Å². The molecule has 0 fully saturated rings. The minimum Gasteiger partial charge on any atom is -0.498 e. The number of allylic oxidation sites excluding steroid dienone is 1. The normalized spacial score (nSPS) is 13.7. The number of hydrogen-bond acceptors (Lipinski definition) is 7. The van der Waals surface area contributed by atoms with Crippen molar-refractivity contribution in [2.24, 2.45) is 5.73 Å². The summed E-state index contributed by atoms with van der Waals surface area (Å²) in [5, 5.41) is 0. The van der Waals surface area contributed by atoms with Gasteiger partial charge < -0.3 is 20.1 Å². The lowest BCUT2D eigenvalue weighted by Gasteiger charge is -2.19. The van der Waals surface area contributed by atoms with Gasteiger partial charge in [0.15, 0.2) is 6.10 Å². The third-order valence-corrected chi connectivity index (χ3v) is 8.76. The second kappa shape index (κ2) is 33.4. The van der Waals surface area contributed by atoms with E-state index in [0.717, 1.165) is 32.1 Å². The van der Waals surface area contributed by atoms with Crippen molar-refractivity contribution in [1.29, 1.82) is 0 Å². The summed E-state index contributed by atoms with van der Waals surface area (Å²) in [6.07, 6.45) is 33.2. The Balaban J connectivity index is 4.10. The Morgan fingerprint density at radius 3 is 1.61 bits per heavy atom. The molecule has 0 aromatic heterocycles. The van der Waals surface area contributed by atoms with E-state index in [4.69, 9.17) is 24.3 Å². The Labute approximate surface area is 271 Å². The van der Waals surface area contributed by atoms with Crippen molar-refractivity contribution in [2.75, 3.05) is 26.4 Å². The van der Waals surface area contributed by atoms with Crippen LogP contribution in [-0.4, -0.2) is 43.3 Å². The molecule has 0 aliphatic heterocycles. The zero-order chi connectivity index (χ0) is 32.4. The van der Waals surface area contributed by atoms with E-state index < -0.39 is 13.9 Å². The summed E-state index contributed by atoms with van der Waals surface area (Å²) in [6.45, 7) is 4.22. The first-order chi connectivity index (χ1) is 21.4. The molecule has 0 heterocycles. The molecule has 0 spiro atoms. The van der Waals surface area contributed by atoms with Crippen LogP contribution in [-0.2, 0) is 27.9 Å². The smallest absolute Gasteiger partial charge is 0.472 e. The van der Waals surface area contributed by atoms with Gasteiger partial charge in [0, 0.05) is 13.0 Å². The van der Waals surface area contributed by atoms with Gasteiger partial charge >= 0.3 is 13.8 Å². The van der Waals surface area contributed by atoms with E-state index >= 15 is 0 Å². The number of phosphoric ester groups is 1. The number of rotatable bonds is 35. The summed E-state index contributed by atoms with van der Waals surface area (Å²) in [5.41, 5.74) is 5.33. The van der Waals surface area contributed by atoms with Crippen LogP contribution in [0.3, 0.4) is 0 Å². The molecule has 0 saturated heterocycles. The molecule has 0 aliphatic rings. The largest absolute Gasteiger partial charge is 0.498 e. The minimum absolute atomic E-state index is 0.0373. The van der Waals surface area contributed by atoms with Crippen molar-refractivity contribution >= 4 is 13.8 Å². The monoisotopic (exact) mass is 647 g/mol. The molecule has 2 atom stereocenters. The molecule has 262 valence electrons. The molecule has 0 saturated carbocycles. The predicted octanol–water partition coefficient (Wildman–Crippen LogP) is 10.3. The first-order valence-electron chi connectivity index (χ1n) is 18.2. The van der Waals surface area contributed by atoms with E-state index in [9.17, 15) is 14.3 Å². The van der Waals surface area contributed by atoms with Gasteiger partial charge in [-0.3, -0.25) is 13.8 Å². The van der Waals surface area contributed by atoms with E-state index in [1.807, 2.05) is 6.08 Å². The second-order valence-electron chi connectivity index (χ2n) is 12.2. The van der Waals surface area contributed by atoms with E-state index in [-0.39, 0.29) is 32.3 Å². The maximum absolute atomic E-state index is 12.4. The highest BCUT2D eigenvalue weighted by molar-refractivity contribution is 7.47. The van der Waals surface area contributed by atoms with E-state index in [0.29, 0.717) is 6.42 Å². The van der Waals surface area contributed by atoms with Gasteiger partial charge in [0.25, 0.3) is 0 Å². The van der Waals surface area contributed by atoms with Crippen LogP contribution in [0.25, 0.3) is 0 Å². The summed E-state index contributed by atoms with van der Waals surface area (Å²) >= 11 is 0. The molecule has 44 heavy (non-hydrogen) atoms. The van der Waals surface area contributed by atoms with Crippen molar-refractivity contribution < 1.29 is 32.8 Å². The topological polar surface area (TPSA) is 117 Å². The van der Waals surface area contributed by atoms with Gasteiger partial charge in [-0.25, -0.2) is 4.57 Å². The predicted molar refractivity (Wildman–Crippen MR) is 183 cm³/mol. The molecule has 0 aromatic rings. The maximum Gasteiger partial charge on any atom is 0.472 e. The van der Waals surface area contributed by atoms with Crippen LogP contribution < -0.4 is 5.73 Å². The highest BCUT2D eigenvalue weighted by Gasteiger charge is 2.25. The Kier molecular flexibility index (Phi) is 32.7. The Hall–Kier alpha value is -0.920. The van der Waals surface area contributed by atoms with Gasteiger partial charge in [0.1, 0.15) is 6.61 Å². The van der Waals surface area contributed by atoms with E-state index in [1.165, 1.54) is 122 Å². The highest BCUT2D eigenvalue weighted by atomic mass is 31.2. The number of esters is 1. The fraction of sp³-hybridized carbons (Fsp3) is 0.914. The van der Waals surface area contributed by atoms with Gasteiger partial charge in [-0.05, 0) is 25.3 Å². The van der Waals surface area contributed by atoms with Crippen molar-refractivity contribution in [3.63, 3.8) is 0 Å². The molecule has 0 bridgehead atoms. The van der Waals surface area contributed by atoms with Crippen LogP contribution >= 0.6 is 7.82 Å². The van der Waals surface area contributed by atoms with E-state index in [2.05, 4.69) is 13.8 Å². The summed E-state index contributed by atoms with van der Waals surface area (Å²) in [6, 6.07) is 0. The third kappa shape index (κ3) is 32.5. The fourth-order valence-corrected chi connectivity index (χ4v) is 5.84. The van der Waals surface area contributed by atoms with Gasteiger partial charge in [-0.15, -0.1) is 0 Å². The molecular weight excluding hydrogens is 577 g/mol. The molecule has 9 heteroatoms. The molecular formula is C35H70NO7P. The number of phosphoric acid groups is 1. The molecule has 8 nitrogen and oxygen atoms in total. The summed E-state index contributed by atoms with van der Waals surface area (Å²) < 4.78 is 32.9. The number of ether oxygens (including phenoxy) is 2. The van der Waals surface area contributed by atoms with Crippen LogP contribution in [0.5, 0.6) is 0 Å². The number of nitrogens with two attached hydrogens (primary N) is 1. The molecule has 0 radical (unpaired) electrons. The number of carbonyl (C=O) groups excluding carboxylic acids is 1.